The van der Waals surface area contributed by atoms with Crippen molar-refractivity contribution in [3.05, 3.63) is 34.2 Å². The molecule has 0 amide bonds. The van der Waals surface area contributed by atoms with Gasteiger partial charge in [0.2, 0.25) is 0 Å². The molecule has 2 heterocycles. The number of rotatable bonds is 2. The van der Waals surface area contributed by atoms with Crippen molar-refractivity contribution >= 4 is 11.0 Å². The van der Waals surface area contributed by atoms with Gasteiger partial charge in [-0.15, -0.1) is 0 Å². The van der Waals surface area contributed by atoms with Crippen molar-refractivity contribution < 1.29 is 0 Å². The average molecular weight is 259 g/mol. The van der Waals surface area contributed by atoms with Gasteiger partial charge in [0.25, 0.3) is 0 Å². The van der Waals surface area contributed by atoms with Crippen molar-refractivity contribution in [2.45, 2.75) is 38.8 Å². The van der Waals surface area contributed by atoms with Gasteiger partial charge in [0, 0.05) is 12.6 Å². The van der Waals surface area contributed by atoms with Gasteiger partial charge in [0.15, 0.2) is 0 Å². The number of likely N-dealkylation sites (tertiary alicyclic amines) is 1. The Bertz CT molecular complexity index is 640. The Labute approximate surface area is 113 Å². The second-order valence-corrected chi connectivity index (χ2v) is 5.64. The number of aromatic amines is 1. The Balaban J connectivity index is 2.00. The fraction of sp³-hybridized carbons (Fsp3) is 0.533. The van der Waals surface area contributed by atoms with Crippen LogP contribution in [0.5, 0.6) is 0 Å². The van der Waals surface area contributed by atoms with E-state index in [0.717, 1.165) is 29.7 Å². The van der Waals surface area contributed by atoms with Crippen molar-refractivity contribution in [3.63, 3.8) is 0 Å². The largest absolute Gasteiger partial charge is 0.326 e. The molecule has 19 heavy (non-hydrogen) atoms. The molecule has 3 rings (SSSR count). The van der Waals surface area contributed by atoms with Gasteiger partial charge in [-0.1, -0.05) is 18.6 Å². The molecule has 1 atom stereocenters. The predicted octanol–water partition coefficient (Wildman–Crippen LogP) is 2.12. The van der Waals surface area contributed by atoms with Crippen LogP contribution in [0, 0.1) is 6.92 Å². The number of imidazole rings is 1. The summed E-state index contributed by atoms with van der Waals surface area (Å²) in [5.74, 6) is 0. The summed E-state index contributed by atoms with van der Waals surface area (Å²) in [5.41, 5.74) is 3.19. The lowest BCUT2D eigenvalue weighted by molar-refractivity contribution is 0.167. The van der Waals surface area contributed by atoms with Gasteiger partial charge in [0.1, 0.15) is 0 Å². The van der Waals surface area contributed by atoms with Crippen LogP contribution in [-0.4, -0.2) is 34.1 Å². The van der Waals surface area contributed by atoms with Crippen LogP contribution in [0.15, 0.2) is 23.0 Å². The maximum absolute atomic E-state index is 12.2. The van der Waals surface area contributed by atoms with E-state index in [0.29, 0.717) is 6.04 Å². The highest BCUT2D eigenvalue weighted by molar-refractivity contribution is 5.78. The summed E-state index contributed by atoms with van der Waals surface area (Å²) in [6, 6.07) is 6.51. The smallest absolute Gasteiger partial charge is 0.306 e. The highest BCUT2D eigenvalue weighted by Gasteiger charge is 2.21. The van der Waals surface area contributed by atoms with Crippen molar-refractivity contribution in [2.24, 2.45) is 0 Å². The molecule has 4 heteroatoms. The summed E-state index contributed by atoms with van der Waals surface area (Å²) in [7, 11) is 2.16. The average Bonchev–Trinajstić information content (AvgIpc) is 2.70. The third-order valence-electron chi connectivity index (χ3n) is 4.31. The molecule has 0 aliphatic carbocycles. The van der Waals surface area contributed by atoms with Crippen LogP contribution in [0.25, 0.3) is 11.0 Å². The van der Waals surface area contributed by atoms with E-state index < -0.39 is 0 Å². The Hall–Kier alpha value is -1.55. The van der Waals surface area contributed by atoms with Crippen LogP contribution in [0.4, 0.5) is 0 Å². The van der Waals surface area contributed by atoms with Gasteiger partial charge in [-0.25, -0.2) is 4.79 Å². The first-order valence-electron chi connectivity index (χ1n) is 7.05. The summed E-state index contributed by atoms with van der Waals surface area (Å²) >= 11 is 0. The fourth-order valence-corrected chi connectivity index (χ4v) is 3.16. The Kier molecular flexibility index (Phi) is 3.19. The molecular weight excluding hydrogens is 238 g/mol. The summed E-state index contributed by atoms with van der Waals surface area (Å²) in [4.78, 5) is 17.5. The minimum Gasteiger partial charge on any atom is -0.306 e. The first-order valence-corrected chi connectivity index (χ1v) is 7.05. The molecule has 1 N–H and O–H groups in total. The van der Waals surface area contributed by atoms with E-state index in [1.165, 1.54) is 19.3 Å². The van der Waals surface area contributed by atoms with E-state index in [1.54, 1.807) is 0 Å². The molecule has 4 nitrogen and oxygen atoms in total. The van der Waals surface area contributed by atoms with E-state index in [1.807, 2.05) is 16.7 Å². The van der Waals surface area contributed by atoms with Crippen molar-refractivity contribution in [1.82, 2.24) is 14.5 Å². The molecule has 1 aliphatic heterocycles. The molecular formula is C15H21N3O. The summed E-state index contributed by atoms with van der Waals surface area (Å²) in [6.07, 6.45) is 3.72. The third kappa shape index (κ3) is 2.21. The van der Waals surface area contributed by atoms with E-state index in [2.05, 4.69) is 29.9 Å². The number of piperidine rings is 1. The van der Waals surface area contributed by atoms with Gasteiger partial charge in [-0.3, -0.25) is 4.57 Å². The van der Waals surface area contributed by atoms with E-state index >= 15 is 0 Å². The van der Waals surface area contributed by atoms with Crippen LogP contribution < -0.4 is 5.69 Å². The highest BCUT2D eigenvalue weighted by atomic mass is 16.1. The zero-order valence-electron chi connectivity index (χ0n) is 11.6. The molecule has 0 radical (unpaired) electrons. The minimum atomic E-state index is 0.0169. The summed E-state index contributed by atoms with van der Waals surface area (Å²) in [5, 5.41) is 0. The van der Waals surface area contributed by atoms with E-state index in [4.69, 9.17) is 0 Å². The molecule has 0 saturated carbocycles. The molecule has 1 aromatic carbocycles. The quantitative estimate of drug-likeness (QED) is 0.897. The van der Waals surface area contributed by atoms with Crippen LogP contribution >= 0.6 is 0 Å². The molecule has 0 bridgehead atoms. The van der Waals surface area contributed by atoms with Gasteiger partial charge in [-0.2, -0.15) is 0 Å². The Morgan fingerprint density at radius 2 is 2.21 bits per heavy atom. The molecule has 1 aromatic heterocycles. The monoisotopic (exact) mass is 259 g/mol. The normalized spacial score (nSPS) is 21.1. The molecule has 0 spiro atoms. The maximum Gasteiger partial charge on any atom is 0.326 e. The number of hydrogen-bond acceptors (Lipinski definition) is 2. The van der Waals surface area contributed by atoms with Gasteiger partial charge >= 0.3 is 5.69 Å². The van der Waals surface area contributed by atoms with Crippen LogP contribution in [-0.2, 0) is 6.54 Å². The Morgan fingerprint density at radius 3 is 3.00 bits per heavy atom. The minimum absolute atomic E-state index is 0.0169. The lowest BCUT2D eigenvalue weighted by Crippen LogP contribution is -2.40. The second-order valence-electron chi connectivity index (χ2n) is 5.64. The summed E-state index contributed by atoms with van der Waals surface area (Å²) < 4.78 is 1.91. The number of nitrogens with one attached hydrogen (secondary N) is 1. The number of likely N-dealkylation sites (N-methyl/N-ethyl adjacent to an activating group) is 1. The first kappa shape index (κ1) is 12.5. The first-order chi connectivity index (χ1) is 9.16. The summed E-state index contributed by atoms with van der Waals surface area (Å²) in [6.45, 7) is 4.00. The van der Waals surface area contributed by atoms with Gasteiger partial charge in [0.05, 0.1) is 11.0 Å². The van der Waals surface area contributed by atoms with Crippen LogP contribution in [0.3, 0.4) is 0 Å². The predicted molar refractivity (Wildman–Crippen MR) is 77.6 cm³/mol. The Morgan fingerprint density at radius 1 is 1.37 bits per heavy atom. The van der Waals surface area contributed by atoms with Crippen LogP contribution in [0.1, 0.15) is 24.8 Å². The maximum atomic E-state index is 12.2. The zero-order chi connectivity index (χ0) is 13.4. The number of aryl methyl sites for hydroxylation is 1. The number of para-hydroxylation sites is 1. The highest BCUT2D eigenvalue weighted by Crippen LogP contribution is 2.20. The molecule has 102 valence electrons. The molecule has 1 fully saturated rings. The third-order valence-corrected chi connectivity index (χ3v) is 4.31. The zero-order valence-corrected chi connectivity index (χ0v) is 11.6. The number of fused-ring (bicyclic) bond motifs is 1. The van der Waals surface area contributed by atoms with Crippen molar-refractivity contribution in [1.29, 1.82) is 0 Å². The molecule has 2 aromatic rings. The van der Waals surface area contributed by atoms with Gasteiger partial charge < -0.3 is 9.88 Å². The number of benzene rings is 1. The standard InChI is InChI=1S/C15H21N3O/c1-11-6-5-8-13-14(11)18(15(19)16-13)10-12-7-3-4-9-17(12)2/h5-6,8,12H,3-4,7,9-10H2,1-2H3,(H,16,19). The lowest BCUT2D eigenvalue weighted by Gasteiger charge is -2.32. The lowest BCUT2D eigenvalue weighted by atomic mass is 10.0. The number of aromatic nitrogens is 2. The molecule has 1 aliphatic rings. The topological polar surface area (TPSA) is 41.0 Å². The van der Waals surface area contributed by atoms with Crippen molar-refractivity contribution in [3.8, 4) is 0 Å². The molecule has 1 saturated heterocycles. The number of H-pyrrole nitrogens is 1. The number of nitrogens with zero attached hydrogens (tertiary/aromatic N) is 2. The van der Waals surface area contributed by atoms with E-state index in [-0.39, 0.29) is 5.69 Å². The van der Waals surface area contributed by atoms with E-state index in [9.17, 15) is 4.79 Å². The number of hydrogen-bond donors (Lipinski definition) is 1. The van der Waals surface area contributed by atoms with Crippen molar-refractivity contribution in [2.75, 3.05) is 13.6 Å². The van der Waals surface area contributed by atoms with Gasteiger partial charge in [-0.05, 0) is 45.0 Å². The second kappa shape index (κ2) is 4.85. The fourth-order valence-electron chi connectivity index (χ4n) is 3.16. The molecule has 1 unspecified atom stereocenters. The SMILES string of the molecule is Cc1cccc2[nH]c(=O)n(CC3CCCCN3C)c12. The van der Waals surface area contributed by atoms with Crippen LogP contribution in [0.2, 0.25) is 0 Å².